The molecule has 6 heteroatoms. The van der Waals surface area contributed by atoms with Crippen LogP contribution in [0.3, 0.4) is 0 Å². The highest BCUT2D eigenvalue weighted by Crippen LogP contribution is 2.76. The second kappa shape index (κ2) is 1.88. The van der Waals surface area contributed by atoms with Crippen LogP contribution in [-0.4, -0.2) is 36.6 Å². The van der Waals surface area contributed by atoms with Crippen molar-refractivity contribution in [1.82, 2.24) is 0 Å². The fraction of sp³-hybridized carbons (Fsp3) is 1.00. The first-order chi connectivity index (χ1) is 5.31. The maximum atomic E-state index is 11.2. The second-order valence-electron chi connectivity index (χ2n) is 4.22. The summed E-state index contributed by atoms with van der Waals surface area (Å²) in [5.41, 5.74) is 0. The summed E-state index contributed by atoms with van der Waals surface area (Å²) in [7, 11) is -4.34. The van der Waals surface area contributed by atoms with Crippen LogP contribution in [-0.2, 0) is 9.84 Å². The summed E-state index contributed by atoms with van der Waals surface area (Å²) in [5, 5.41) is 17.3. The Morgan fingerprint density at radius 3 is 1.92 bits per heavy atom. The first kappa shape index (κ1) is 8.53. The molecule has 3 rings (SSSR count). The summed E-state index contributed by atoms with van der Waals surface area (Å²) in [6.07, 6.45) is 2.50. The van der Waals surface area contributed by atoms with Gasteiger partial charge in [0.15, 0.2) is 9.84 Å². The molecule has 0 atom stereocenters. The maximum absolute atomic E-state index is 11.2. The van der Waals surface area contributed by atoms with Gasteiger partial charge in [-0.3, -0.25) is 0 Å². The summed E-state index contributed by atoms with van der Waals surface area (Å²) >= 11 is 0. The highest BCUT2D eigenvalue weighted by atomic mass is 32.2. The molecule has 0 aromatic carbocycles. The van der Waals surface area contributed by atoms with Crippen molar-refractivity contribution in [3.05, 3.63) is 0 Å². The molecule has 3 aliphatic carbocycles. The molecule has 0 spiro atoms. The van der Waals surface area contributed by atoms with Crippen LogP contribution in [0.25, 0.3) is 0 Å². The molecule has 3 saturated carbocycles. The van der Waals surface area contributed by atoms with E-state index in [1.807, 2.05) is 0 Å². The van der Waals surface area contributed by atoms with Crippen molar-refractivity contribution < 1.29 is 18.5 Å². The van der Waals surface area contributed by atoms with Gasteiger partial charge in [-0.2, -0.15) is 0 Å². The highest BCUT2D eigenvalue weighted by molar-refractivity contribution is 7.92. The lowest BCUT2D eigenvalue weighted by Gasteiger charge is -2.68. The molecule has 3 aliphatic rings. The Kier molecular flexibility index (Phi) is 1.34. The molecule has 12 heavy (non-hydrogen) atoms. The molecule has 3 fully saturated rings. The molecule has 0 aromatic heterocycles. The van der Waals surface area contributed by atoms with Crippen molar-refractivity contribution in [2.75, 3.05) is 6.26 Å². The van der Waals surface area contributed by atoms with Gasteiger partial charge in [0.1, 0.15) is 0 Å². The van der Waals surface area contributed by atoms with E-state index < -0.39 is 27.0 Å². The molecule has 68 valence electrons. The van der Waals surface area contributed by atoms with Crippen molar-refractivity contribution in [2.45, 2.75) is 29.3 Å². The molecule has 4 nitrogen and oxygen atoms in total. The van der Waals surface area contributed by atoms with Crippen molar-refractivity contribution in [3.8, 4) is 0 Å². The van der Waals surface area contributed by atoms with Crippen LogP contribution in [0.15, 0.2) is 0 Å². The number of hydrogen-bond acceptors (Lipinski definition) is 4. The summed E-state index contributed by atoms with van der Waals surface area (Å²) in [5.74, 6) is 0. The molecule has 0 aromatic rings. The van der Waals surface area contributed by atoms with E-state index in [0.717, 1.165) is 0 Å². The van der Waals surface area contributed by atoms with Gasteiger partial charge in [0, 0.05) is 11.6 Å². The molecule has 0 aliphatic heterocycles. The quantitative estimate of drug-likeness (QED) is 0.558. The molecular weight excluding hydrogens is 179 g/mol. The molecule has 0 amide bonds. The van der Waals surface area contributed by atoms with Crippen LogP contribution in [0.4, 0.5) is 0 Å². The van der Waals surface area contributed by atoms with Crippen LogP contribution >= 0.6 is 0 Å². The largest absolute Gasteiger partial charge is 0.458 e. The van der Waals surface area contributed by atoms with Gasteiger partial charge in [-0.1, -0.05) is 0 Å². The second-order valence-corrected chi connectivity index (χ2v) is 6.63. The van der Waals surface area contributed by atoms with Crippen molar-refractivity contribution in [3.63, 3.8) is 0 Å². The molecule has 0 heterocycles. The van der Waals surface area contributed by atoms with Crippen LogP contribution < -0.4 is 0 Å². The van der Waals surface area contributed by atoms with Crippen molar-refractivity contribution in [2.24, 2.45) is 0 Å². The highest BCUT2D eigenvalue weighted by Gasteiger charge is 2.76. The van der Waals surface area contributed by atoms with Gasteiger partial charge >= 0.3 is 7.12 Å². The van der Waals surface area contributed by atoms with Gasteiger partial charge in [0.25, 0.3) is 0 Å². The zero-order valence-corrected chi connectivity index (χ0v) is 7.63. The normalized spacial score (nSPS) is 44.6. The molecular formula is C6H11BO4S. The Hall–Kier alpha value is -0.0651. The fourth-order valence-electron chi connectivity index (χ4n) is 2.44. The first-order valence-electron chi connectivity index (χ1n) is 3.87. The lowest BCUT2D eigenvalue weighted by molar-refractivity contribution is 0.0351. The number of hydrogen-bond donors (Lipinski definition) is 2. The standard InChI is InChI=1S/C6H11BO4S/c1-12(10,11)6-2-5(3-6,4-6)7(8)9/h8-9H,2-4H2,1H3. The Morgan fingerprint density at radius 2 is 1.67 bits per heavy atom. The zero-order chi connectivity index (χ0) is 9.20. The summed E-state index contributed by atoms with van der Waals surface area (Å²) in [4.78, 5) is 0. The third-order valence-electron chi connectivity index (χ3n) is 3.36. The minimum absolute atomic E-state index is 0.427. The smallest absolute Gasteiger partial charge is 0.427 e. The summed E-state index contributed by atoms with van der Waals surface area (Å²) < 4.78 is 21.7. The molecule has 2 bridgehead atoms. The topological polar surface area (TPSA) is 74.6 Å². The lowest BCUT2D eigenvalue weighted by Crippen LogP contribution is -2.71. The van der Waals surface area contributed by atoms with Gasteiger partial charge in [0.05, 0.1) is 4.75 Å². The van der Waals surface area contributed by atoms with Gasteiger partial charge in [0.2, 0.25) is 0 Å². The molecule has 0 saturated heterocycles. The fourth-order valence-corrected chi connectivity index (χ4v) is 4.09. The number of rotatable bonds is 2. The van der Waals surface area contributed by atoms with E-state index in [1.165, 1.54) is 6.26 Å². The monoisotopic (exact) mass is 190 g/mol. The maximum Gasteiger partial charge on any atom is 0.458 e. The molecule has 2 N–H and O–H groups in total. The minimum Gasteiger partial charge on any atom is -0.427 e. The summed E-state index contributed by atoms with van der Waals surface area (Å²) in [6, 6.07) is 0. The Balaban J connectivity index is 2.15. The van der Waals surface area contributed by atoms with Crippen LogP contribution in [0.2, 0.25) is 5.31 Å². The van der Waals surface area contributed by atoms with Crippen molar-refractivity contribution >= 4 is 17.0 Å². The SMILES string of the molecule is CS(=O)(=O)C12CC(B(O)O)(C1)C2. The van der Waals surface area contributed by atoms with Gasteiger partial charge in [-0.05, 0) is 19.3 Å². The van der Waals surface area contributed by atoms with Gasteiger partial charge in [-0.15, -0.1) is 0 Å². The average molecular weight is 190 g/mol. The summed E-state index contributed by atoms with van der Waals surface area (Å²) in [6.45, 7) is 0. The van der Waals surface area contributed by atoms with E-state index in [-0.39, 0.29) is 0 Å². The van der Waals surface area contributed by atoms with E-state index in [2.05, 4.69) is 0 Å². The first-order valence-corrected chi connectivity index (χ1v) is 5.76. The van der Waals surface area contributed by atoms with E-state index in [1.54, 1.807) is 0 Å². The molecule has 0 unspecified atom stereocenters. The van der Waals surface area contributed by atoms with E-state index in [9.17, 15) is 8.42 Å². The van der Waals surface area contributed by atoms with E-state index in [0.29, 0.717) is 19.3 Å². The minimum atomic E-state index is -2.99. The van der Waals surface area contributed by atoms with Crippen molar-refractivity contribution in [1.29, 1.82) is 0 Å². The van der Waals surface area contributed by atoms with Gasteiger partial charge in [-0.25, -0.2) is 8.42 Å². The van der Waals surface area contributed by atoms with Crippen LogP contribution in [0.5, 0.6) is 0 Å². The van der Waals surface area contributed by atoms with Crippen LogP contribution in [0, 0.1) is 0 Å². The molecule has 0 radical (unpaired) electrons. The number of sulfone groups is 1. The average Bonchev–Trinajstić information content (AvgIpc) is 1.46. The van der Waals surface area contributed by atoms with E-state index in [4.69, 9.17) is 10.0 Å². The predicted octanol–water partition coefficient (Wildman–Crippen LogP) is -0.820. The lowest BCUT2D eigenvalue weighted by atomic mass is 9.30. The Morgan fingerprint density at radius 1 is 1.25 bits per heavy atom. The zero-order valence-electron chi connectivity index (χ0n) is 6.82. The van der Waals surface area contributed by atoms with Crippen LogP contribution in [0.1, 0.15) is 19.3 Å². The Bertz CT molecular complexity index is 301. The third kappa shape index (κ3) is 0.731. The predicted molar refractivity (Wildman–Crippen MR) is 44.3 cm³/mol. The third-order valence-corrected chi connectivity index (χ3v) is 5.36. The van der Waals surface area contributed by atoms with E-state index >= 15 is 0 Å². The van der Waals surface area contributed by atoms with Gasteiger partial charge < -0.3 is 10.0 Å². The Labute approximate surface area is 71.7 Å².